The van der Waals surface area contributed by atoms with Gasteiger partial charge in [-0.1, -0.05) is 32.1 Å². The summed E-state index contributed by atoms with van der Waals surface area (Å²) in [4.78, 5) is 28.1. The van der Waals surface area contributed by atoms with E-state index in [1.807, 2.05) is 10.7 Å². The molecule has 3 fully saturated rings. The minimum absolute atomic E-state index is 0.214. The molecule has 2 saturated heterocycles. The van der Waals surface area contributed by atoms with Crippen molar-refractivity contribution in [3.8, 4) is 0 Å². The lowest BCUT2D eigenvalue weighted by Gasteiger charge is -2.33. The summed E-state index contributed by atoms with van der Waals surface area (Å²) in [5.74, 6) is 1.47. The molecule has 0 unspecified atom stereocenters. The van der Waals surface area contributed by atoms with Crippen molar-refractivity contribution in [2.75, 3.05) is 31.1 Å². The van der Waals surface area contributed by atoms with E-state index in [0.29, 0.717) is 18.9 Å². The minimum Gasteiger partial charge on any atom is -0.303 e. The normalized spacial score (nSPS) is 21.9. The Balaban J connectivity index is 1.17. The van der Waals surface area contributed by atoms with E-state index in [0.717, 1.165) is 23.5 Å². The first-order valence-electron chi connectivity index (χ1n) is 12.5. The summed E-state index contributed by atoms with van der Waals surface area (Å²) >= 11 is 0. The number of rotatable bonds is 6. The first kappa shape index (κ1) is 21.4. The van der Waals surface area contributed by atoms with Gasteiger partial charge in [-0.3, -0.25) is 15.0 Å². The van der Waals surface area contributed by atoms with Gasteiger partial charge in [0.1, 0.15) is 0 Å². The molecule has 1 aliphatic carbocycles. The standard InChI is InChI=1S/C25H35N5O2/c31-24-10-14-29(25(32)27-24)23-18-26-30-15-9-21(17-22(23)30)16-20-7-12-28(13-8-20)11-6-19-4-2-1-3-5-19/h9,15,17-20H,1-8,10-14,16H2,(H,27,31,32). The third-order valence-electron chi connectivity index (χ3n) is 7.72. The molecule has 7 heteroatoms. The SMILES string of the molecule is O=C1CCN(c2cnn3ccc(CC4CCN(CCC5CCCCC5)CC4)cc23)C(=O)N1. The maximum absolute atomic E-state index is 12.3. The average molecular weight is 438 g/mol. The van der Waals surface area contributed by atoms with Crippen LogP contribution in [0.5, 0.6) is 0 Å². The van der Waals surface area contributed by atoms with Crippen molar-refractivity contribution in [3.63, 3.8) is 0 Å². The number of anilines is 1. The van der Waals surface area contributed by atoms with Crippen molar-refractivity contribution in [2.45, 2.75) is 64.2 Å². The molecule has 7 nitrogen and oxygen atoms in total. The molecule has 0 spiro atoms. The van der Waals surface area contributed by atoms with Crippen LogP contribution in [0.1, 0.15) is 63.4 Å². The number of pyridine rings is 1. The predicted molar refractivity (Wildman–Crippen MR) is 125 cm³/mol. The summed E-state index contributed by atoms with van der Waals surface area (Å²) in [6.07, 6.45) is 16.2. The highest BCUT2D eigenvalue weighted by atomic mass is 16.2. The Kier molecular flexibility index (Phi) is 6.44. The Labute approximate surface area is 190 Å². The van der Waals surface area contributed by atoms with E-state index >= 15 is 0 Å². The monoisotopic (exact) mass is 437 g/mol. The van der Waals surface area contributed by atoms with E-state index in [9.17, 15) is 9.59 Å². The van der Waals surface area contributed by atoms with Crippen molar-refractivity contribution in [3.05, 3.63) is 30.1 Å². The van der Waals surface area contributed by atoms with E-state index in [1.54, 1.807) is 11.1 Å². The van der Waals surface area contributed by atoms with Gasteiger partial charge < -0.3 is 4.90 Å². The van der Waals surface area contributed by atoms with Crippen LogP contribution >= 0.6 is 0 Å². The number of piperidine rings is 1. The number of urea groups is 1. The lowest BCUT2D eigenvalue weighted by atomic mass is 9.86. The highest BCUT2D eigenvalue weighted by Crippen LogP contribution is 2.29. The Morgan fingerprint density at radius 2 is 1.81 bits per heavy atom. The topological polar surface area (TPSA) is 70.0 Å². The number of aromatic nitrogens is 2. The zero-order valence-corrected chi connectivity index (χ0v) is 19.0. The second-order valence-electron chi connectivity index (χ2n) is 9.93. The highest BCUT2D eigenvalue weighted by Gasteiger charge is 2.27. The number of amides is 3. The van der Waals surface area contributed by atoms with Gasteiger partial charge in [0.2, 0.25) is 5.91 Å². The van der Waals surface area contributed by atoms with Gasteiger partial charge in [0, 0.05) is 19.2 Å². The first-order valence-corrected chi connectivity index (χ1v) is 12.5. The molecule has 0 atom stereocenters. The van der Waals surface area contributed by atoms with Crippen molar-refractivity contribution in [1.82, 2.24) is 19.8 Å². The van der Waals surface area contributed by atoms with Crippen LogP contribution in [-0.4, -0.2) is 52.6 Å². The molecule has 0 radical (unpaired) electrons. The Hall–Kier alpha value is -2.41. The molecule has 4 heterocycles. The number of hydrogen-bond acceptors (Lipinski definition) is 4. The van der Waals surface area contributed by atoms with Gasteiger partial charge in [0.25, 0.3) is 0 Å². The van der Waals surface area contributed by atoms with E-state index in [1.165, 1.54) is 76.6 Å². The Morgan fingerprint density at radius 3 is 2.59 bits per heavy atom. The molecule has 5 rings (SSSR count). The number of hydrogen-bond donors (Lipinski definition) is 1. The summed E-state index contributed by atoms with van der Waals surface area (Å²) in [6, 6.07) is 3.96. The van der Waals surface area contributed by atoms with Crippen LogP contribution in [0, 0.1) is 11.8 Å². The molecule has 2 aromatic rings. The fourth-order valence-electron chi connectivity index (χ4n) is 5.73. The van der Waals surface area contributed by atoms with Crippen molar-refractivity contribution < 1.29 is 9.59 Å². The van der Waals surface area contributed by atoms with Crippen molar-refractivity contribution in [1.29, 1.82) is 0 Å². The first-order chi connectivity index (χ1) is 15.7. The summed E-state index contributed by atoms with van der Waals surface area (Å²) in [5.41, 5.74) is 3.00. The number of nitrogens with zero attached hydrogens (tertiary/aromatic N) is 4. The lowest BCUT2D eigenvalue weighted by Crippen LogP contribution is -2.49. The van der Waals surface area contributed by atoms with E-state index in [-0.39, 0.29) is 11.9 Å². The lowest BCUT2D eigenvalue weighted by molar-refractivity contribution is -0.120. The number of carbonyl (C=O) groups excluding carboxylic acids is 2. The quantitative estimate of drug-likeness (QED) is 0.741. The molecule has 0 bridgehead atoms. The van der Waals surface area contributed by atoms with E-state index < -0.39 is 0 Å². The molecule has 3 amide bonds. The van der Waals surface area contributed by atoms with Crippen LogP contribution in [0.3, 0.4) is 0 Å². The number of carbonyl (C=O) groups is 2. The van der Waals surface area contributed by atoms with Crippen LogP contribution in [0.2, 0.25) is 0 Å². The van der Waals surface area contributed by atoms with Crippen molar-refractivity contribution >= 4 is 23.1 Å². The van der Waals surface area contributed by atoms with Crippen LogP contribution in [0.25, 0.3) is 5.52 Å². The van der Waals surface area contributed by atoms with Gasteiger partial charge in [-0.15, -0.1) is 0 Å². The van der Waals surface area contributed by atoms with Crippen molar-refractivity contribution in [2.24, 2.45) is 11.8 Å². The second-order valence-corrected chi connectivity index (χ2v) is 9.93. The van der Waals surface area contributed by atoms with Gasteiger partial charge in [0.05, 0.1) is 17.4 Å². The summed E-state index contributed by atoms with van der Waals surface area (Å²) in [5, 5.41) is 6.81. The largest absolute Gasteiger partial charge is 0.328 e. The second kappa shape index (κ2) is 9.61. The smallest absolute Gasteiger partial charge is 0.303 e. The number of nitrogens with one attached hydrogen (secondary N) is 1. The van der Waals surface area contributed by atoms with E-state index in [2.05, 4.69) is 27.4 Å². The van der Waals surface area contributed by atoms with Gasteiger partial charge in [0.15, 0.2) is 0 Å². The number of fused-ring (bicyclic) bond motifs is 1. The number of imide groups is 1. The van der Waals surface area contributed by atoms with Gasteiger partial charge in [-0.2, -0.15) is 5.10 Å². The maximum atomic E-state index is 12.3. The van der Waals surface area contributed by atoms with Crippen LogP contribution < -0.4 is 10.2 Å². The molecular formula is C25H35N5O2. The van der Waals surface area contributed by atoms with Gasteiger partial charge in [-0.05, 0) is 74.8 Å². The van der Waals surface area contributed by atoms with Gasteiger partial charge in [-0.25, -0.2) is 9.31 Å². The summed E-state index contributed by atoms with van der Waals surface area (Å²) in [6.45, 7) is 4.12. The zero-order chi connectivity index (χ0) is 21.9. The number of likely N-dealkylation sites (tertiary alicyclic amines) is 1. The molecule has 0 aromatic carbocycles. The highest BCUT2D eigenvalue weighted by molar-refractivity contribution is 6.07. The molecule has 32 heavy (non-hydrogen) atoms. The average Bonchev–Trinajstić information content (AvgIpc) is 3.22. The fourth-order valence-corrected chi connectivity index (χ4v) is 5.73. The predicted octanol–water partition coefficient (Wildman–Crippen LogP) is 4.01. The van der Waals surface area contributed by atoms with Crippen LogP contribution in [0.4, 0.5) is 10.5 Å². The molecule has 2 aliphatic heterocycles. The molecule has 172 valence electrons. The zero-order valence-electron chi connectivity index (χ0n) is 19.0. The van der Waals surface area contributed by atoms with Crippen LogP contribution in [-0.2, 0) is 11.2 Å². The summed E-state index contributed by atoms with van der Waals surface area (Å²) in [7, 11) is 0. The third kappa shape index (κ3) is 4.82. The summed E-state index contributed by atoms with van der Waals surface area (Å²) < 4.78 is 1.82. The minimum atomic E-state index is -0.359. The van der Waals surface area contributed by atoms with Gasteiger partial charge >= 0.3 is 6.03 Å². The maximum Gasteiger partial charge on any atom is 0.328 e. The molecular weight excluding hydrogens is 402 g/mol. The Bertz CT molecular complexity index is 956. The fraction of sp³-hybridized carbons (Fsp3) is 0.640. The Morgan fingerprint density at radius 1 is 1.00 bits per heavy atom. The van der Waals surface area contributed by atoms with Crippen LogP contribution in [0.15, 0.2) is 24.5 Å². The molecule has 1 N–H and O–H groups in total. The molecule has 1 saturated carbocycles. The molecule has 2 aromatic heterocycles. The van der Waals surface area contributed by atoms with E-state index in [4.69, 9.17) is 0 Å². The molecule has 3 aliphatic rings. The third-order valence-corrected chi connectivity index (χ3v) is 7.72.